The summed E-state index contributed by atoms with van der Waals surface area (Å²) in [6.45, 7) is 6.32. The monoisotopic (exact) mass is 480 g/mol. The van der Waals surface area contributed by atoms with Crippen molar-refractivity contribution >= 4 is 46.3 Å². The number of carbonyl (C=O) groups is 2. The smallest absolute Gasteiger partial charge is 0.257 e. The Kier molecular flexibility index (Phi) is 7.51. The van der Waals surface area contributed by atoms with E-state index in [1.54, 1.807) is 48.5 Å². The highest BCUT2D eigenvalue weighted by atomic mass is 35.5. The van der Waals surface area contributed by atoms with Crippen LogP contribution < -0.4 is 10.6 Å². The lowest BCUT2D eigenvalue weighted by Gasteiger charge is -2.19. The molecule has 170 valence electrons. The van der Waals surface area contributed by atoms with Crippen molar-refractivity contribution in [3.63, 3.8) is 0 Å². The van der Waals surface area contributed by atoms with E-state index in [0.29, 0.717) is 27.4 Å². The minimum absolute atomic E-state index is 0.00158. The number of anilines is 1. The van der Waals surface area contributed by atoms with Gasteiger partial charge in [0.25, 0.3) is 5.91 Å². The first-order valence-electron chi connectivity index (χ1n) is 10.4. The second-order valence-corrected chi connectivity index (χ2v) is 9.47. The second kappa shape index (κ2) is 10.1. The van der Waals surface area contributed by atoms with E-state index in [2.05, 4.69) is 31.4 Å². The standard InChI is InChI=1S/C26H25ClN2O3S/c1-26(2,3)18-11-8-16(9-12-18)24(32)29-25(33)28-19-13-10-17(22(30)15-19)14-23(31)20-6-4-5-7-21(20)27/h4-13,15,30H,14H2,1-3H3,(H2,28,29,32,33). The summed E-state index contributed by atoms with van der Waals surface area (Å²) in [5, 5.41) is 16.3. The van der Waals surface area contributed by atoms with Crippen LogP contribution in [0.4, 0.5) is 5.69 Å². The van der Waals surface area contributed by atoms with Crippen LogP contribution in [-0.2, 0) is 11.8 Å². The number of carbonyl (C=O) groups excluding carboxylic acids is 2. The lowest BCUT2D eigenvalue weighted by atomic mass is 9.87. The van der Waals surface area contributed by atoms with Crippen molar-refractivity contribution in [2.45, 2.75) is 32.6 Å². The van der Waals surface area contributed by atoms with Gasteiger partial charge in [-0.05, 0) is 53.5 Å². The number of phenols is 1. The molecule has 1 amide bonds. The van der Waals surface area contributed by atoms with Crippen LogP contribution in [0.2, 0.25) is 5.02 Å². The Balaban J connectivity index is 1.61. The van der Waals surface area contributed by atoms with Crippen LogP contribution in [0.15, 0.2) is 66.7 Å². The molecule has 7 heteroatoms. The second-order valence-electron chi connectivity index (χ2n) is 8.66. The van der Waals surface area contributed by atoms with Crippen molar-refractivity contribution in [3.8, 4) is 5.75 Å². The van der Waals surface area contributed by atoms with Gasteiger partial charge in [0, 0.05) is 34.9 Å². The molecule has 0 saturated heterocycles. The van der Waals surface area contributed by atoms with E-state index in [9.17, 15) is 14.7 Å². The average molecular weight is 481 g/mol. The summed E-state index contributed by atoms with van der Waals surface area (Å²) >= 11 is 11.3. The van der Waals surface area contributed by atoms with Crippen molar-refractivity contribution in [1.82, 2.24) is 5.32 Å². The van der Waals surface area contributed by atoms with Gasteiger partial charge in [0.05, 0.1) is 5.02 Å². The third kappa shape index (κ3) is 6.40. The molecule has 0 atom stereocenters. The fourth-order valence-corrected chi connectivity index (χ4v) is 3.66. The maximum absolute atomic E-state index is 12.5. The van der Waals surface area contributed by atoms with Crippen molar-refractivity contribution in [2.75, 3.05) is 5.32 Å². The number of halogens is 1. The van der Waals surface area contributed by atoms with Gasteiger partial charge in [0.15, 0.2) is 10.9 Å². The third-order valence-corrected chi connectivity index (χ3v) is 5.64. The molecule has 3 N–H and O–H groups in total. The number of thiocarbonyl (C=S) groups is 1. The number of benzene rings is 3. The molecule has 0 fully saturated rings. The van der Waals surface area contributed by atoms with Gasteiger partial charge >= 0.3 is 0 Å². The highest BCUT2D eigenvalue weighted by molar-refractivity contribution is 7.80. The molecule has 0 aliphatic rings. The number of hydrogen-bond acceptors (Lipinski definition) is 4. The van der Waals surface area contributed by atoms with Gasteiger partial charge in [-0.2, -0.15) is 0 Å². The third-order valence-electron chi connectivity index (χ3n) is 5.11. The summed E-state index contributed by atoms with van der Waals surface area (Å²) in [7, 11) is 0. The fraction of sp³-hybridized carbons (Fsp3) is 0.192. The Labute approximate surface area is 203 Å². The topological polar surface area (TPSA) is 78.4 Å². The molecule has 5 nitrogen and oxygen atoms in total. The predicted molar refractivity (Wildman–Crippen MR) is 136 cm³/mol. The summed E-state index contributed by atoms with van der Waals surface area (Å²) < 4.78 is 0. The predicted octanol–water partition coefficient (Wildman–Crippen LogP) is 5.90. The molecule has 3 aromatic rings. The van der Waals surface area contributed by atoms with Gasteiger partial charge in [-0.25, -0.2) is 0 Å². The van der Waals surface area contributed by atoms with Gasteiger partial charge < -0.3 is 10.4 Å². The van der Waals surface area contributed by atoms with Gasteiger partial charge in [0.2, 0.25) is 0 Å². The van der Waals surface area contributed by atoms with Crippen molar-refractivity contribution in [2.24, 2.45) is 0 Å². The molecule has 0 heterocycles. The van der Waals surface area contributed by atoms with Crippen molar-refractivity contribution in [3.05, 3.63) is 94.0 Å². The van der Waals surface area contributed by atoms with E-state index in [1.165, 1.54) is 6.07 Å². The Bertz CT molecular complexity index is 1200. The highest BCUT2D eigenvalue weighted by Gasteiger charge is 2.16. The number of Topliss-reactive ketones (excluding diaryl/α,β-unsaturated/α-hetero) is 1. The summed E-state index contributed by atoms with van der Waals surface area (Å²) in [5.41, 5.74) is 2.96. The Morgan fingerprint density at radius 1 is 1.00 bits per heavy atom. The Hall–Kier alpha value is -3.22. The van der Waals surface area contributed by atoms with Crippen LogP contribution in [0.25, 0.3) is 0 Å². The zero-order valence-corrected chi connectivity index (χ0v) is 20.2. The van der Waals surface area contributed by atoms with Gasteiger partial charge in [-0.15, -0.1) is 0 Å². The first kappa shape index (κ1) is 24.4. The number of hydrogen-bond donors (Lipinski definition) is 3. The SMILES string of the molecule is CC(C)(C)c1ccc(C(=O)NC(=S)Nc2ccc(CC(=O)c3ccccc3Cl)c(O)c2)cc1. The van der Waals surface area contributed by atoms with Gasteiger partial charge in [-0.1, -0.05) is 62.7 Å². The molecule has 0 spiro atoms. The number of phenolic OH excluding ortho intramolecular Hbond substituents is 1. The van der Waals surface area contributed by atoms with Gasteiger partial charge in [0.1, 0.15) is 5.75 Å². The van der Waals surface area contributed by atoms with Crippen LogP contribution >= 0.6 is 23.8 Å². The van der Waals surface area contributed by atoms with Crippen LogP contribution in [0.3, 0.4) is 0 Å². The quantitative estimate of drug-likeness (QED) is 0.313. The molecule has 0 aliphatic carbocycles. The zero-order valence-electron chi connectivity index (χ0n) is 18.6. The van der Waals surface area contributed by atoms with Crippen molar-refractivity contribution < 1.29 is 14.7 Å². The lowest BCUT2D eigenvalue weighted by molar-refractivity contribution is 0.0974. The van der Waals surface area contributed by atoms with E-state index in [0.717, 1.165) is 5.56 Å². The zero-order chi connectivity index (χ0) is 24.2. The molecule has 33 heavy (non-hydrogen) atoms. The molecule has 0 aliphatic heterocycles. The average Bonchev–Trinajstić information content (AvgIpc) is 2.75. The largest absolute Gasteiger partial charge is 0.508 e. The lowest BCUT2D eigenvalue weighted by Crippen LogP contribution is -2.34. The normalized spacial score (nSPS) is 11.0. The minimum Gasteiger partial charge on any atom is -0.508 e. The first-order valence-corrected chi connectivity index (χ1v) is 11.2. The minimum atomic E-state index is -0.334. The first-order chi connectivity index (χ1) is 15.5. The van der Waals surface area contributed by atoms with Gasteiger partial charge in [-0.3, -0.25) is 14.9 Å². The molecule has 0 unspecified atom stereocenters. The van der Waals surface area contributed by atoms with E-state index in [-0.39, 0.29) is 34.4 Å². The fourth-order valence-electron chi connectivity index (χ4n) is 3.21. The van der Waals surface area contributed by atoms with E-state index in [1.807, 2.05) is 12.1 Å². The van der Waals surface area contributed by atoms with E-state index < -0.39 is 0 Å². The Morgan fingerprint density at radius 3 is 2.27 bits per heavy atom. The molecule has 0 radical (unpaired) electrons. The highest BCUT2D eigenvalue weighted by Crippen LogP contribution is 2.25. The number of aromatic hydroxyl groups is 1. The maximum atomic E-state index is 12.5. The summed E-state index contributed by atoms with van der Waals surface area (Å²) in [5.74, 6) is -0.594. The molecular weight excluding hydrogens is 456 g/mol. The summed E-state index contributed by atoms with van der Waals surface area (Å²) in [4.78, 5) is 25.0. The van der Waals surface area contributed by atoms with Crippen LogP contribution in [-0.4, -0.2) is 21.9 Å². The molecule has 0 saturated carbocycles. The molecular formula is C26H25ClN2O3S. The van der Waals surface area contributed by atoms with Crippen LogP contribution in [0, 0.1) is 0 Å². The number of ketones is 1. The van der Waals surface area contributed by atoms with Crippen LogP contribution in [0.1, 0.15) is 52.6 Å². The number of nitrogens with one attached hydrogen (secondary N) is 2. The number of amides is 1. The van der Waals surface area contributed by atoms with E-state index >= 15 is 0 Å². The summed E-state index contributed by atoms with van der Waals surface area (Å²) in [6.07, 6.45) is 0.00158. The van der Waals surface area contributed by atoms with E-state index in [4.69, 9.17) is 23.8 Å². The maximum Gasteiger partial charge on any atom is 0.257 e. The van der Waals surface area contributed by atoms with Crippen LogP contribution in [0.5, 0.6) is 5.75 Å². The molecule has 0 bridgehead atoms. The molecule has 3 rings (SSSR count). The molecule has 3 aromatic carbocycles. The Morgan fingerprint density at radius 2 is 1.67 bits per heavy atom. The summed E-state index contributed by atoms with van der Waals surface area (Å²) in [6, 6.07) is 18.9. The van der Waals surface area contributed by atoms with Crippen molar-refractivity contribution in [1.29, 1.82) is 0 Å². The molecule has 0 aromatic heterocycles. The number of rotatable bonds is 5.